The molecule has 0 radical (unpaired) electrons. The van der Waals surface area contributed by atoms with Crippen LogP contribution in [0.5, 0.6) is 0 Å². The minimum atomic E-state index is -3.75. The smallest absolute Gasteiger partial charge is 0.241 e. The molecule has 110 valence electrons. The highest BCUT2D eigenvalue weighted by atomic mass is 35.5. The van der Waals surface area contributed by atoms with E-state index in [1.807, 2.05) is 0 Å². The zero-order valence-corrected chi connectivity index (χ0v) is 12.4. The van der Waals surface area contributed by atoms with E-state index in [9.17, 15) is 13.2 Å². The summed E-state index contributed by atoms with van der Waals surface area (Å²) in [6, 6.07) is 10.7. The monoisotopic (exact) mass is 325 g/mol. The molecule has 0 fully saturated rings. The number of benzene rings is 1. The first kappa shape index (κ1) is 15.4. The van der Waals surface area contributed by atoms with E-state index in [-0.39, 0.29) is 11.4 Å². The molecule has 0 saturated heterocycles. The molecule has 0 aliphatic carbocycles. The van der Waals surface area contributed by atoms with Crippen molar-refractivity contribution in [3.05, 3.63) is 53.7 Å². The van der Waals surface area contributed by atoms with Crippen LogP contribution in [0.1, 0.15) is 0 Å². The van der Waals surface area contributed by atoms with Crippen LogP contribution in [0.25, 0.3) is 0 Å². The predicted molar refractivity (Wildman–Crippen MR) is 79.5 cm³/mol. The summed E-state index contributed by atoms with van der Waals surface area (Å²) in [5.74, 6) is -0.153. The number of nitrogens with zero attached hydrogens (tertiary/aromatic N) is 1. The van der Waals surface area contributed by atoms with Crippen molar-refractivity contribution >= 4 is 33.3 Å². The van der Waals surface area contributed by atoms with Gasteiger partial charge in [0, 0.05) is 11.2 Å². The Balaban J connectivity index is 1.95. The van der Waals surface area contributed by atoms with E-state index in [0.29, 0.717) is 10.8 Å². The molecule has 0 unspecified atom stereocenters. The Morgan fingerprint density at radius 3 is 2.48 bits per heavy atom. The van der Waals surface area contributed by atoms with E-state index in [1.54, 1.807) is 18.2 Å². The maximum Gasteiger partial charge on any atom is 0.241 e. The van der Waals surface area contributed by atoms with Crippen molar-refractivity contribution in [2.75, 3.05) is 11.9 Å². The third-order valence-electron chi connectivity index (χ3n) is 2.48. The number of carbonyl (C=O) groups is 1. The first-order chi connectivity index (χ1) is 9.97. The summed E-state index contributed by atoms with van der Waals surface area (Å²) in [4.78, 5) is 15.6. The molecule has 1 amide bonds. The van der Waals surface area contributed by atoms with Crippen LogP contribution in [0.4, 0.5) is 5.82 Å². The Morgan fingerprint density at radius 2 is 1.86 bits per heavy atom. The van der Waals surface area contributed by atoms with Gasteiger partial charge in [0.05, 0.1) is 11.4 Å². The lowest BCUT2D eigenvalue weighted by atomic mass is 10.4. The van der Waals surface area contributed by atoms with Crippen LogP contribution in [0.3, 0.4) is 0 Å². The molecule has 0 aliphatic heterocycles. The van der Waals surface area contributed by atoms with Crippen LogP contribution in [0.2, 0.25) is 5.02 Å². The highest BCUT2D eigenvalue weighted by molar-refractivity contribution is 7.89. The zero-order chi connectivity index (χ0) is 15.3. The quantitative estimate of drug-likeness (QED) is 0.875. The van der Waals surface area contributed by atoms with E-state index >= 15 is 0 Å². The number of halogens is 1. The summed E-state index contributed by atoms with van der Waals surface area (Å²) < 4.78 is 26.1. The second kappa shape index (κ2) is 6.66. The van der Waals surface area contributed by atoms with Gasteiger partial charge in [0.25, 0.3) is 0 Å². The van der Waals surface area contributed by atoms with Gasteiger partial charge >= 0.3 is 0 Å². The maximum atomic E-state index is 12.0. The van der Waals surface area contributed by atoms with Crippen LogP contribution < -0.4 is 10.0 Å². The molecule has 8 heteroatoms. The SMILES string of the molecule is O=C(CNS(=O)(=O)c1ccc(Cl)cc1)Nc1ccccn1. The van der Waals surface area contributed by atoms with Crippen molar-refractivity contribution in [3.8, 4) is 0 Å². The third kappa shape index (κ3) is 4.52. The van der Waals surface area contributed by atoms with Gasteiger partial charge in [-0.25, -0.2) is 18.1 Å². The predicted octanol–water partition coefficient (Wildman–Crippen LogP) is 1.65. The van der Waals surface area contributed by atoms with Gasteiger partial charge in [-0.05, 0) is 36.4 Å². The van der Waals surface area contributed by atoms with Crippen molar-refractivity contribution in [2.45, 2.75) is 4.90 Å². The molecule has 21 heavy (non-hydrogen) atoms. The number of rotatable bonds is 5. The fourth-order valence-electron chi connectivity index (χ4n) is 1.48. The lowest BCUT2D eigenvalue weighted by molar-refractivity contribution is -0.115. The molecule has 6 nitrogen and oxygen atoms in total. The van der Waals surface area contributed by atoms with Gasteiger partial charge in [0.1, 0.15) is 5.82 Å². The lowest BCUT2D eigenvalue weighted by Crippen LogP contribution is -2.33. The second-order valence-corrected chi connectivity index (χ2v) is 6.25. The van der Waals surface area contributed by atoms with Crippen LogP contribution in [0, 0.1) is 0 Å². The molecular weight excluding hydrogens is 314 g/mol. The first-order valence-electron chi connectivity index (χ1n) is 5.93. The molecule has 0 atom stereocenters. The number of carbonyl (C=O) groups excluding carboxylic acids is 1. The molecule has 0 aliphatic rings. The van der Waals surface area contributed by atoms with E-state index in [0.717, 1.165) is 0 Å². The number of aromatic nitrogens is 1. The van der Waals surface area contributed by atoms with Gasteiger partial charge in [-0.2, -0.15) is 0 Å². The van der Waals surface area contributed by atoms with Crippen molar-refractivity contribution in [1.29, 1.82) is 0 Å². The summed E-state index contributed by atoms with van der Waals surface area (Å²) >= 11 is 5.69. The minimum absolute atomic E-state index is 0.0394. The number of sulfonamides is 1. The van der Waals surface area contributed by atoms with Gasteiger partial charge < -0.3 is 5.32 Å². The lowest BCUT2D eigenvalue weighted by Gasteiger charge is -2.07. The Hall–Kier alpha value is -1.96. The highest BCUT2D eigenvalue weighted by Crippen LogP contribution is 2.13. The third-order valence-corrected chi connectivity index (χ3v) is 4.15. The van der Waals surface area contributed by atoms with Crippen LogP contribution in [-0.4, -0.2) is 25.9 Å². The van der Waals surface area contributed by atoms with Gasteiger partial charge in [0.2, 0.25) is 15.9 Å². The first-order valence-corrected chi connectivity index (χ1v) is 7.79. The van der Waals surface area contributed by atoms with Crippen LogP contribution >= 0.6 is 11.6 Å². The molecular formula is C13H12ClN3O3S. The highest BCUT2D eigenvalue weighted by Gasteiger charge is 2.15. The zero-order valence-electron chi connectivity index (χ0n) is 10.8. The fraction of sp³-hybridized carbons (Fsp3) is 0.0769. The second-order valence-electron chi connectivity index (χ2n) is 4.04. The Kier molecular flexibility index (Phi) is 4.89. The summed E-state index contributed by atoms with van der Waals surface area (Å²) in [5, 5.41) is 2.91. The van der Waals surface area contributed by atoms with Crippen molar-refractivity contribution in [3.63, 3.8) is 0 Å². The summed E-state index contributed by atoms with van der Waals surface area (Å²) in [6.45, 7) is -0.387. The average Bonchev–Trinajstić information content (AvgIpc) is 2.47. The summed E-state index contributed by atoms with van der Waals surface area (Å²) in [5.41, 5.74) is 0. The van der Waals surface area contributed by atoms with Crippen LogP contribution in [-0.2, 0) is 14.8 Å². The standard InChI is InChI=1S/C13H12ClN3O3S/c14-10-4-6-11(7-5-10)21(19,20)16-9-13(18)17-12-3-1-2-8-15-12/h1-8,16H,9H2,(H,15,17,18). The van der Waals surface area contributed by atoms with Gasteiger partial charge in [-0.3, -0.25) is 4.79 Å². The van der Waals surface area contributed by atoms with Gasteiger partial charge in [-0.15, -0.1) is 0 Å². The number of pyridine rings is 1. The number of hydrogen-bond acceptors (Lipinski definition) is 4. The summed E-state index contributed by atoms with van der Waals surface area (Å²) in [6.07, 6.45) is 1.52. The molecule has 1 aromatic carbocycles. The molecule has 2 N–H and O–H groups in total. The van der Waals surface area contributed by atoms with E-state index in [4.69, 9.17) is 11.6 Å². The van der Waals surface area contributed by atoms with E-state index in [1.165, 1.54) is 30.5 Å². The Bertz CT molecular complexity index is 718. The van der Waals surface area contributed by atoms with Crippen molar-refractivity contribution in [2.24, 2.45) is 0 Å². The molecule has 0 saturated carbocycles. The topological polar surface area (TPSA) is 88.2 Å². The number of nitrogens with one attached hydrogen (secondary N) is 2. The van der Waals surface area contributed by atoms with Gasteiger partial charge in [-0.1, -0.05) is 17.7 Å². The van der Waals surface area contributed by atoms with Crippen molar-refractivity contribution < 1.29 is 13.2 Å². The Morgan fingerprint density at radius 1 is 1.14 bits per heavy atom. The maximum absolute atomic E-state index is 12.0. The van der Waals surface area contributed by atoms with E-state index < -0.39 is 15.9 Å². The minimum Gasteiger partial charge on any atom is -0.310 e. The fourth-order valence-corrected chi connectivity index (χ4v) is 2.59. The molecule has 2 aromatic rings. The normalized spacial score (nSPS) is 11.1. The molecule has 2 rings (SSSR count). The molecule has 1 aromatic heterocycles. The number of anilines is 1. The number of hydrogen-bond donors (Lipinski definition) is 2. The van der Waals surface area contributed by atoms with Crippen molar-refractivity contribution in [1.82, 2.24) is 9.71 Å². The summed E-state index contributed by atoms with van der Waals surface area (Å²) in [7, 11) is -3.75. The Labute approximate surface area is 127 Å². The largest absolute Gasteiger partial charge is 0.310 e. The molecule has 0 bridgehead atoms. The van der Waals surface area contributed by atoms with E-state index in [2.05, 4.69) is 15.0 Å². The van der Waals surface area contributed by atoms with Crippen LogP contribution in [0.15, 0.2) is 53.6 Å². The molecule has 1 heterocycles. The van der Waals surface area contributed by atoms with Gasteiger partial charge in [0.15, 0.2) is 0 Å². The average molecular weight is 326 g/mol. The number of amides is 1. The molecule has 0 spiro atoms.